The molecule has 2 heterocycles. The Labute approximate surface area is 115 Å². The van der Waals surface area contributed by atoms with Crippen LogP contribution >= 0.6 is 22.9 Å². The summed E-state index contributed by atoms with van der Waals surface area (Å²) < 4.78 is 40.0. The number of anilines is 1. The number of ether oxygens (including phenoxy) is 1. The average Bonchev–Trinajstić information content (AvgIpc) is 2.74. The van der Waals surface area contributed by atoms with Gasteiger partial charge in [0.25, 0.3) is 0 Å². The Morgan fingerprint density at radius 1 is 1.37 bits per heavy atom. The maximum Gasteiger partial charge on any atom is 0.411 e. The van der Waals surface area contributed by atoms with Crippen LogP contribution in [0.25, 0.3) is 10.2 Å². The summed E-state index contributed by atoms with van der Waals surface area (Å²) in [6.07, 6.45) is -4.31. The Kier molecular flexibility index (Phi) is 4.43. The van der Waals surface area contributed by atoms with Crippen molar-refractivity contribution in [1.29, 1.82) is 0 Å². The SMILES string of the molecule is FC(F)(F)COCCNc1nc(Cl)nc2sccc12. The van der Waals surface area contributed by atoms with Crippen LogP contribution < -0.4 is 5.32 Å². The minimum Gasteiger partial charge on any atom is -0.370 e. The second-order valence-corrected chi connectivity index (χ2v) is 4.81. The number of nitrogens with one attached hydrogen (secondary N) is 1. The molecule has 1 N–H and O–H groups in total. The molecule has 9 heteroatoms. The third-order valence-electron chi connectivity index (χ3n) is 2.10. The molecule has 104 valence electrons. The van der Waals surface area contributed by atoms with Crippen molar-refractivity contribution >= 4 is 39.0 Å². The Morgan fingerprint density at radius 2 is 2.16 bits per heavy atom. The van der Waals surface area contributed by atoms with Gasteiger partial charge in [-0.1, -0.05) is 0 Å². The zero-order valence-corrected chi connectivity index (χ0v) is 11.1. The van der Waals surface area contributed by atoms with Crippen molar-refractivity contribution in [3.8, 4) is 0 Å². The highest BCUT2D eigenvalue weighted by Gasteiger charge is 2.27. The van der Waals surface area contributed by atoms with Gasteiger partial charge in [0.2, 0.25) is 5.28 Å². The van der Waals surface area contributed by atoms with Gasteiger partial charge < -0.3 is 10.1 Å². The van der Waals surface area contributed by atoms with Gasteiger partial charge in [0, 0.05) is 6.54 Å². The highest BCUT2D eigenvalue weighted by Crippen LogP contribution is 2.26. The van der Waals surface area contributed by atoms with Gasteiger partial charge in [0.05, 0.1) is 12.0 Å². The number of alkyl halides is 3. The number of halogens is 4. The number of hydrogen-bond acceptors (Lipinski definition) is 5. The number of aromatic nitrogens is 2. The lowest BCUT2D eigenvalue weighted by molar-refractivity contribution is -0.172. The van der Waals surface area contributed by atoms with E-state index in [-0.39, 0.29) is 18.4 Å². The summed E-state index contributed by atoms with van der Waals surface area (Å²) in [4.78, 5) is 8.74. The van der Waals surface area contributed by atoms with Crippen molar-refractivity contribution in [3.05, 3.63) is 16.7 Å². The third-order valence-corrected chi connectivity index (χ3v) is 3.08. The van der Waals surface area contributed by atoms with Crippen molar-refractivity contribution < 1.29 is 17.9 Å². The first-order valence-corrected chi connectivity index (χ1v) is 6.50. The highest BCUT2D eigenvalue weighted by atomic mass is 35.5. The van der Waals surface area contributed by atoms with E-state index in [9.17, 15) is 13.2 Å². The van der Waals surface area contributed by atoms with Crippen molar-refractivity contribution in [2.45, 2.75) is 6.18 Å². The Morgan fingerprint density at radius 3 is 2.89 bits per heavy atom. The Hall–Kier alpha value is -1.12. The standard InChI is InChI=1S/C10H9ClF3N3OS/c11-9-16-7(6-1-4-19-8(6)17-9)15-2-3-18-5-10(12,13)14/h1,4H,2-3,5H2,(H,15,16,17). The van der Waals surface area contributed by atoms with Gasteiger partial charge in [-0.05, 0) is 23.0 Å². The predicted molar refractivity (Wildman–Crippen MR) is 67.8 cm³/mol. The monoisotopic (exact) mass is 311 g/mol. The number of rotatable bonds is 5. The van der Waals surface area contributed by atoms with E-state index >= 15 is 0 Å². The van der Waals surface area contributed by atoms with E-state index in [1.807, 2.05) is 11.4 Å². The van der Waals surface area contributed by atoms with Crippen LogP contribution in [0.1, 0.15) is 0 Å². The summed E-state index contributed by atoms with van der Waals surface area (Å²) >= 11 is 7.15. The van der Waals surface area contributed by atoms with Crippen molar-refractivity contribution in [2.75, 3.05) is 25.1 Å². The number of nitrogens with zero attached hydrogens (tertiary/aromatic N) is 2. The van der Waals surface area contributed by atoms with Gasteiger partial charge in [-0.15, -0.1) is 11.3 Å². The predicted octanol–water partition coefficient (Wildman–Crippen LogP) is 3.34. The molecule has 0 amide bonds. The third kappa shape index (κ3) is 4.19. The van der Waals surface area contributed by atoms with E-state index < -0.39 is 12.8 Å². The second-order valence-electron chi connectivity index (χ2n) is 3.58. The lowest BCUT2D eigenvalue weighted by atomic mass is 10.4. The summed E-state index contributed by atoms with van der Waals surface area (Å²) in [5, 5.41) is 5.59. The molecule has 0 aliphatic rings. The molecule has 0 unspecified atom stereocenters. The molecule has 0 aromatic carbocycles. The number of hydrogen-bond donors (Lipinski definition) is 1. The molecule has 2 aromatic heterocycles. The van der Waals surface area contributed by atoms with Crippen LogP contribution in [0, 0.1) is 0 Å². The van der Waals surface area contributed by atoms with Crippen molar-refractivity contribution in [3.63, 3.8) is 0 Å². The Bertz CT molecular complexity index is 560. The molecule has 0 radical (unpaired) electrons. The smallest absolute Gasteiger partial charge is 0.370 e. The molecular weight excluding hydrogens is 303 g/mol. The summed E-state index contributed by atoms with van der Waals surface area (Å²) in [6.45, 7) is -1.13. The molecule has 0 atom stereocenters. The zero-order chi connectivity index (χ0) is 13.9. The molecule has 19 heavy (non-hydrogen) atoms. The van der Waals surface area contributed by atoms with Crippen LogP contribution in [-0.4, -0.2) is 35.9 Å². The van der Waals surface area contributed by atoms with Gasteiger partial charge in [0.1, 0.15) is 17.3 Å². The van der Waals surface area contributed by atoms with E-state index in [0.717, 1.165) is 10.2 Å². The summed E-state index contributed by atoms with van der Waals surface area (Å²) in [7, 11) is 0. The minimum absolute atomic E-state index is 0.0766. The van der Waals surface area contributed by atoms with Gasteiger partial charge in [-0.3, -0.25) is 0 Å². The number of thiophene rings is 1. The first kappa shape index (κ1) is 14.3. The van der Waals surface area contributed by atoms with Crippen LogP contribution in [0.3, 0.4) is 0 Å². The van der Waals surface area contributed by atoms with Gasteiger partial charge in [-0.25, -0.2) is 9.97 Å². The fourth-order valence-corrected chi connectivity index (χ4v) is 2.38. The molecule has 4 nitrogen and oxygen atoms in total. The maximum atomic E-state index is 11.8. The molecular formula is C10H9ClF3N3OS. The largest absolute Gasteiger partial charge is 0.411 e. The van der Waals surface area contributed by atoms with Gasteiger partial charge >= 0.3 is 6.18 Å². The van der Waals surface area contributed by atoms with E-state index in [2.05, 4.69) is 20.0 Å². The molecule has 0 spiro atoms. The quantitative estimate of drug-likeness (QED) is 0.679. The molecule has 0 aliphatic carbocycles. The minimum atomic E-state index is -4.31. The van der Waals surface area contributed by atoms with E-state index in [0.29, 0.717) is 5.82 Å². The second kappa shape index (κ2) is 5.89. The summed E-state index contributed by atoms with van der Waals surface area (Å²) in [5.74, 6) is 0.492. The van der Waals surface area contributed by atoms with Crippen molar-refractivity contribution in [1.82, 2.24) is 9.97 Å². The molecule has 0 saturated carbocycles. The van der Waals surface area contributed by atoms with Crippen LogP contribution in [0.15, 0.2) is 11.4 Å². The van der Waals surface area contributed by atoms with Crippen LogP contribution in [-0.2, 0) is 4.74 Å². The van der Waals surface area contributed by atoms with E-state index in [4.69, 9.17) is 11.6 Å². The van der Waals surface area contributed by atoms with Gasteiger partial charge in [-0.2, -0.15) is 13.2 Å². The normalized spacial score (nSPS) is 12.0. The van der Waals surface area contributed by atoms with E-state index in [1.165, 1.54) is 11.3 Å². The fourth-order valence-electron chi connectivity index (χ4n) is 1.39. The molecule has 0 saturated heterocycles. The lowest BCUT2D eigenvalue weighted by Gasteiger charge is -2.09. The van der Waals surface area contributed by atoms with Crippen molar-refractivity contribution in [2.24, 2.45) is 0 Å². The fraction of sp³-hybridized carbons (Fsp3) is 0.400. The maximum absolute atomic E-state index is 11.8. The molecule has 0 aliphatic heterocycles. The zero-order valence-electron chi connectivity index (χ0n) is 9.50. The van der Waals surface area contributed by atoms with Crippen LogP contribution in [0.2, 0.25) is 5.28 Å². The molecule has 2 rings (SSSR count). The van der Waals surface area contributed by atoms with E-state index in [1.54, 1.807) is 0 Å². The lowest BCUT2D eigenvalue weighted by Crippen LogP contribution is -2.20. The van der Waals surface area contributed by atoms with Gasteiger partial charge in [0.15, 0.2) is 0 Å². The molecule has 0 bridgehead atoms. The summed E-state index contributed by atoms with van der Waals surface area (Å²) in [6, 6.07) is 1.81. The Balaban J connectivity index is 1.89. The first-order chi connectivity index (χ1) is 8.96. The van der Waals surface area contributed by atoms with Crippen LogP contribution in [0.5, 0.6) is 0 Å². The van der Waals surface area contributed by atoms with Crippen LogP contribution in [0.4, 0.5) is 19.0 Å². The molecule has 2 aromatic rings. The summed E-state index contributed by atoms with van der Waals surface area (Å²) in [5.41, 5.74) is 0. The number of fused-ring (bicyclic) bond motifs is 1. The molecule has 0 fully saturated rings. The average molecular weight is 312 g/mol. The topological polar surface area (TPSA) is 47.0 Å². The first-order valence-electron chi connectivity index (χ1n) is 5.25. The highest BCUT2D eigenvalue weighted by molar-refractivity contribution is 7.16.